The van der Waals surface area contributed by atoms with E-state index in [9.17, 15) is 14.9 Å². The van der Waals surface area contributed by atoms with Gasteiger partial charge in [-0.05, 0) is 26.0 Å². The van der Waals surface area contributed by atoms with Crippen LogP contribution < -0.4 is 0 Å². The van der Waals surface area contributed by atoms with E-state index in [-0.39, 0.29) is 11.7 Å². The van der Waals surface area contributed by atoms with Gasteiger partial charge in [0.15, 0.2) is 5.82 Å². The van der Waals surface area contributed by atoms with Crippen LogP contribution in [0.4, 0.5) is 5.69 Å². The predicted molar refractivity (Wildman–Crippen MR) is 80.4 cm³/mol. The average Bonchev–Trinajstić information content (AvgIpc) is 2.96. The van der Waals surface area contributed by atoms with Crippen LogP contribution in [0.25, 0.3) is 11.4 Å². The Morgan fingerprint density at radius 3 is 2.73 bits per heavy atom. The number of esters is 1. The summed E-state index contributed by atoms with van der Waals surface area (Å²) in [6, 6.07) is 5.96. The molecule has 0 amide bonds. The SMILES string of the molecule is CCOC(=O)[C@@H](C)Sc1n[nH]c(-c2ccc([N+](=O)[O-])cc2)n1. The van der Waals surface area contributed by atoms with Crippen molar-refractivity contribution < 1.29 is 14.5 Å². The van der Waals surface area contributed by atoms with Crippen molar-refractivity contribution in [3.05, 3.63) is 34.4 Å². The van der Waals surface area contributed by atoms with Crippen molar-refractivity contribution >= 4 is 23.4 Å². The van der Waals surface area contributed by atoms with Crippen LogP contribution in [0.1, 0.15) is 13.8 Å². The topological polar surface area (TPSA) is 111 Å². The molecule has 1 atom stereocenters. The number of carbonyl (C=O) groups is 1. The maximum Gasteiger partial charge on any atom is 0.319 e. The van der Waals surface area contributed by atoms with Gasteiger partial charge in [0, 0.05) is 17.7 Å². The Bertz CT molecular complexity index is 671. The molecule has 2 aromatic rings. The van der Waals surface area contributed by atoms with Crippen molar-refractivity contribution in [1.29, 1.82) is 0 Å². The summed E-state index contributed by atoms with van der Waals surface area (Å²) in [4.78, 5) is 26.0. The molecule has 0 spiro atoms. The highest BCUT2D eigenvalue weighted by atomic mass is 32.2. The van der Waals surface area contributed by atoms with Crippen LogP contribution in [0.5, 0.6) is 0 Å². The number of nitro benzene ring substituents is 1. The molecular weight excluding hydrogens is 308 g/mol. The monoisotopic (exact) mass is 322 g/mol. The predicted octanol–water partition coefficient (Wildman–Crippen LogP) is 2.42. The van der Waals surface area contributed by atoms with Gasteiger partial charge < -0.3 is 4.74 Å². The molecule has 22 heavy (non-hydrogen) atoms. The summed E-state index contributed by atoms with van der Waals surface area (Å²) in [5.74, 6) is 0.155. The van der Waals surface area contributed by atoms with E-state index in [1.807, 2.05) is 0 Å². The molecule has 0 saturated heterocycles. The average molecular weight is 322 g/mol. The molecule has 0 radical (unpaired) electrons. The van der Waals surface area contributed by atoms with E-state index in [4.69, 9.17) is 4.74 Å². The van der Waals surface area contributed by atoms with Crippen LogP contribution in [-0.4, -0.2) is 37.9 Å². The van der Waals surface area contributed by atoms with Gasteiger partial charge in [-0.1, -0.05) is 11.8 Å². The van der Waals surface area contributed by atoms with E-state index >= 15 is 0 Å². The third-order valence-corrected chi connectivity index (χ3v) is 3.66. The number of nitrogens with one attached hydrogen (secondary N) is 1. The largest absolute Gasteiger partial charge is 0.465 e. The zero-order chi connectivity index (χ0) is 16.1. The Hall–Kier alpha value is -2.42. The first kappa shape index (κ1) is 16.0. The number of aromatic amines is 1. The van der Waals surface area contributed by atoms with Gasteiger partial charge >= 0.3 is 5.97 Å². The van der Waals surface area contributed by atoms with Crippen LogP contribution in [-0.2, 0) is 9.53 Å². The third-order valence-electron chi connectivity index (χ3n) is 2.72. The Morgan fingerprint density at radius 2 is 2.14 bits per heavy atom. The number of hydrogen-bond donors (Lipinski definition) is 1. The van der Waals surface area contributed by atoms with Crippen molar-refractivity contribution in [3.8, 4) is 11.4 Å². The lowest BCUT2D eigenvalue weighted by molar-refractivity contribution is -0.384. The van der Waals surface area contributed by atoms with Gasteiger partial charge in [-0.3, -0.25) is 20.0 Å². The molecule has 0 bridgehead atoms. The fraction of sp³-hybridized carbons (Fsp3) is 0.308. The summed E-state index contributed by atoms with van der Waals surface area (Å²) >= 11 is 1.18. The molecule has 0 aliphatic heterocycles. The Kier molecular flexibility index (Phi) is 5.10. The number of thioether (sulfide) groups is 1. The highest BCUT2D eigenvalue weighted by Crippen LogP contribution is 2.24. The van der Waals surface area contributed by atoms with Gasteiger partial charge in [0.2, 0.25) is 5.16 Å². The van der Waals surface area contributed by atoms with E-state index in [0.717, 1.165) is 0 Å². The number of nitro groups is 1. The lowest BCUT2D eigenvalue weighted by Gasteiger charge is -2.06. The summed E-state index contributed by atoms with van der Waals surface area (Å²) in [5, 5.41) is 17.4. The van der Waals surface area contributed by atoms with Crippen LogP contribution in [0, 0.1) is 10.1 Å². The standard InChI is InChI=1S/C13H14N4O4S/c1-3-21-12(18)8(2)22-13-14-11(15-16-13)9-4-6-10(7-5-9)17(19)20/h4-8H,3H2,1-2H3,(H,14,15,16)/t8-/m1/s1. The summed E-state index contributed by atoms with van der Waals surface area (Å²) in [5.41, 5.74) is 0.683. The number of carbonyl (C=O) groups excluding carboxylic acids is 1. The number of nitrogens with zero attached hydrogens (tertiary/aromatic N) is 3. The Labute approximate surface area is 130 Å². The number of H-pyrrole nitrogens is 1. The molecule has 0 aliphatic rings. The molecule has 0 unspecified atom stereocenters. The van der Waals surface area contributed by atoms with Crippen LogP contribution >= 0.6 is 11.8 Å². The van der Waals surface area contributed by atoms with E-state index in [2.05, 4.69) is 15.2 Å². The second kappa shape index (κ2) is 7.03. The lowest BCUT2D eigenvalue weighted by atomic mass is 10.2. The van der Waals surface area contributed by atoms with Crippen LogP contribution in [0.3, 0.4) is 0 Å². The summed E-state index contributed by atoms with van der Waals surface area (Å²) in [7, 11) is 0. The van der Waals surface area contributed by atoms with Crippen molar-refractivity contribution in [1.82, 2.24) is 15.2 Å². The van der Waals surface area contributed by atoms with Gasteiger partial charge in [0.05, 0.1) is 11.5 Å². The quantitative estimate of drug-likeness (QED) is 0.376. The first-order chi connectivity index (χ1) is 10.5. The number of rotatable bonds is 6. The zero-order valence-corrected chi connectivity index (χ0v) is 12.8. The summed E-state index contributed by atoms with van der Waals surface area (Å²) in [6.07, 6.45) is 0. The molecule has 1 heterocycles. The number of benzene rings is 1. The molecule has 9 heteroatoms. The van der Waals surface area contributed by atoms with E-state index < -0.39 is 10.2 Å². The zero-order valence-electron chi connectivity index (χ0n) is 12.0. The first-order valence-corrected chi connectivity index (χ1v) is 7.39. The molecule has 1 aromatic heterocycles. The van der Waals surface area contributed by atoms with E-state index in [1.54, 1.807) is 26.0 Å². The molecule has 1 N–H and O–H groups in total. The third kappa shape index (κ3) is 3.82. The van der Waals surface area contributed by atoms with Crippen molar-refractivity contribution in [3.63, 3.8) is 0 Å². The highest BCUT2D eigenvalue weighted by molar-refractivity contribution is 8.00. The van der Waals surface area contributed by atoms with Gasteiger partial charge in [-0.25, -0.2) is 4.98 Å². The van der Waals surface area contributed by atoms with Gasteiger partial charge in [-0.15, -0.1) is 5.10 Å². The van der Waals surface area contributed by atoms with Crippen LogP contribution in [0.15, 0.2) is 29.4 Å². The van der Waals surface area contributed by atoms with E-state index in [0.29, 0.717) is 23.2 Å². The minimum atomic E-state index is -0.466. The summed E-state index contributed by atoms with van der Waals surface area (Å²) < 4.78 is 4.91. The van der Waals surface area contributed by atoms with Crippen molar-refractivity contribution in [2.45, 2.75) is 24.3 Å². The number of hydrogen-bond acceptors (Lipinski definition) is 7. The number of non-ortho nitro benzene ring substituents is 1. The fourth-order valence-corrected chi connectivity index (χ4v) is 2.36. The smallest absolute Gasteiger partial charge is 0.319 e. The summed E-state index contributed by atoms with van der Waals surface area (Å²) in [6.45, 7) is 3.78. The minimum absolute atomic E-state index is 0.00815. The number of aromatic nitrogens is 3. The molecule has 0 saturated carbocycles. The Balaban J connectivity index is 2.07. The van der Waals surface area contributed by atoms with Crippen molar-refractivity contribution in [2.75, 3.05) is 6.61 Å². The van der Waals surface area contributed by atoms with Gasteiger partial charge in [0.1, 0.15) is 5.25 Å². The molecule has 0 aliphatic carbocycles. The maximum atomic E-state index is 11.6. The second-order valence-corrected chi connectivity index (χ2v) is 5.59. The maximum absolute atomic E-state index is 11.6. The molecule has 8 nitrogen and oxygen atoms in total. The van der Waals surface area contributed by atoms with Gasteiger partial charge in [0.25, 0.3) is 5.69 Å². The first-order valence-electron chi connectivity index (χ1n) is 6.51. The molecule has 116 valence electrons. The molecule has 1 aromatic carbocycles. The van der Waals surface area contributed by atoms with Crippen molar-refractivity contribution in [2.24, 2.45) is 0 Å². The Morgan fingerprint density at radius 1 is 1.45 bits per heavy atom. The molecule has 0 fully saturated rings. The van der Waals surface area contributed by atoms with Gasteiger partial charge in [-0.2, -0.15) is 0 Å². The fourth-order valence-electron chi connectivity index (χ4n) is 1.64. The normalized spacial score (nSPS) is 11.9. The van der Waals surface area contributed by atoms with Crippen LogP contribution in [0.2, 0.25) is 0 Å². The molecule has 2 rings (SSSR count). The highest BCUT2D eigenvalue weighted by Gasteiger charge is 2.18. The second-order valence-electron chi connectivity index (χ2n) is 4.28. The van der Waals surface area contributed by atoms with E-state index in [1.165, 1.54) is 23.9 Å². The molecular formula is C13H14N4O4S. The minimum Gasteiger partial charge on any atom is -0.465 e. The lowest BCUT2D eigenvalue weighted by Crippen LogP contribution is -2.16. The number of ether oxygens (including phenoxy) is 1.